The van der Waals surface area contributed by atoms with Gasteiger partial charge in [0.2, 0.25) is 0 Å². The van der Waals surface area contributed by atoms with E-state index in [9.17, 15) is 0 Å². The number of benzene rings is 10. The number of nitrogens with zero attached hydrogens (tertiary/aromatic N) is 2. The van der Waals surface area contributed by atoms with Crippen LogP contribution in [-0.2, 0) is 6.18 Å². The highest BCUT2D eigenvalue weighted by molar-refractivity contribution is 6.14. The molecule has 0 unspecified atom stereocenters. The van der Waals surface area contributed by atoms with Gasteiger partial charge in [0.25, 0.3) is 0 Å². The minimum Gasteiger partial charge on any atom is -0.309 e. The second-order valence-electron chi connectivity index (χ2n) is 21.1. The highest BCUT2D eigenvalue weighted by Crippen LogP contribution is 2.48. The topological polar surface area (TPSA) is 9.86 Å². The maximum atomic E-state index is 17.1. The molecule has 7 heteroatoms. The third-order valence-electron chi connectivity index (χ3n) is 14.9. The van der Waals surface area contributed by atoms with Crippen LogP contribution in [0.15, 0.2) is 176 Å². The Morgan fingerprint density at radius 3 is 0.803 bits per heavy atom. The zero-order chi connectivity index (χ0) is 53.1. The van der Waals surface area contributed by atoms with E-state index in [1.165, 1.54) is 18.2 Å². The molecule has 2 nitrogen and oxygen atoms in total. The van der Waals surface area contributed by atoms with E-state index in [0.29, 0.717) is 22.1 Å². The molecule has 0 saturated heterocycles. The Labute approximate surface area is 439 Å². The van der Waals surface area contributed by atoms with E-state index < -0.39 is 28.9 Å². The van der Waals surface area contributed by atoms with Crippen molar-refractivity contribution in [3.63, 3.8) is 0 Å². The second-order valence-corrected chi connectivity index (χ2v) is 21.1. The largest absolute Gasteiger partial charge is 0.420 e. The van der Waals surface area contributed by atoms with Gasteiger partial charge in [0.05, 0.1) is 39.0 Å². The van der Waals surface area contributed by atoms with Crippen molar-refractivity contribution in [1.29, 1.82) is 0 Å². The first-order valence-corrected chi connectivity index (χ1v) is 25.6. The van der Waals surface area contributed by atoms with Gasteiger partial charge in [0, 0.05) is 21.5 Å². The Bertz CT molecular complexity index is 3830. The minimum absolute atomic E-state index is 0.0453. The van der Waals surface area contributed by atoms with Gasteiger partial charge in [0.1, 0.15) is 17.2 Å². The lowest BCUT2D eigenvalue weighted by Crippen LogP contribution is -2.16. The third-order valence-corrected chi connectivity index (χ3v) is 14.9. The summed E-state index contributed by atoms with van der Waals surface area (Å²) in [6.45, 7) is 16.4. The predicted octanol–water partition coefficient (Wildman–Crippen LogP) is 20.0. The molecule has 0 fully saturated rings. The summed E-state index contributed by atoms with van der Waals surface area (Å²) in [6, 6.07) is 54.9. The van der Waals surface area contributed by atoms with Gasteiger partial charge in [-0.25, -0.2) is 8.78 Å². The summed E-state index contributed by atoms with van der Waals surface area (Å²) in [6.07, 6.45) is -5.00. The summed E-state index contributed by atoms with van der Waals surface area (Å²) in [5, 5.41) is 2.91. The van der Waals surface area contributed by atoms with Crippen LogP contribution in [0.1, 0.15) is 50.1 Å². The average Bonchev–Trinajstić information content (AvgIpc) is 3.97. The molecule has 12 rings (SSSR count). The molecule has 374 valence electrons. The van der Waals surface area contributed by atoms with Crippen LogP contribution in [0.25, 0.3) is 111 Å². The molecule has 0 amide bonds. The van der Waals surface area contributed by atoms with E-state index in [2.05, 4.69) is 97.1 Å². The minimum atomic E-state index is -5.00. The van der Waals surface area contributed by atoms with E-state index in [4.69, 9.17) is 0 Å². The predicted molar refractivity (Wildman–Crippen MR) is 305 cm³/mol. The molecule has 12 aromatic rings. The molecule has 0 radical (unpaired) electrons. The zero-order valence-corrected chi connectivity index (χ0v) is 43.5. The highest BCUT2D eigenvalue weighted by Gasteiger charge is 2.40. The monoisotopic (exact) mass is 1000 g/mol. The Morgan fingerprint density at radius 2 is 0.553 bits per heavy atom. The summed E-state index contributed by atoms with van der Waals surface area (Å²) in [7, 11) is 0. The van der Waals surface area contributed by atoms with E-state index >= 15 is 22.0 Å². The molecule has 0 saturated carbocycles. The van der Waals surface area contributed by atoms with Crippen molar-refractivity contribution in [1.82, 2.24) is 9.13 Å². The van der Waals surface area contributed by atoms with Crippen molar-refractivity contribution in [2.75, 3.05) is 0 Å². The van der Waals surface area contributed by atoms with Gasteiger partial charge >= 0.3 is 6.18 Å². The Kier molecular flexibility index (Phi) is 11.5. The van der Waals surface area contributed by atoms with Crippen molar-refractivity contribution >= 4 is 43.6 Å². The molecule has 0 aliphatic heterocycles. The number of hydrogen-bond donors (Lipinski definition) is 0. The summed E-state index contributed by atoms with van der Waals surface area (Å²) in [5.74, 6) is -1.79. The first-order chi connectivity index (χ1) is 36.3. The lowest BCUT2D eigenvalue weighted by Gasteiger charge is -2.23. The quantitative estimate of drug-likeness (QED) is 0.141. The van der Waals surface area contributed by atoms with E-state index in [0.717, 1.165) is 123 Å². The number of halogens is 5. The Balaban J connectivity index is 1.22. The van der Waals surface area contributed by atoms with Gasteiger partial charge in [-0.1, -0.05) is 148 Å². The van der Waals surface area contributed by atoms with Gasteiger partial charge in [-0.05, 0) is 178 Å². The Morgan fingerprint density at radius 1 is 0.289 bits per heavy atom. The van der Waals surface area contributed by atoms with E-state index in [1.54, 1.807) is 9.13 Å². The number of aryl methyl sites for hydroxylation is 8. The van der Waals surface area contributed by atoms with Crippen molar-refractivity contribution < 1.29 is 22.0 Å². The molecule has 76 heavy (non-hydrogen) atoms. The average molecular weight is 1010 g/mol. The molecule has 10 aromatic carbocycles. The van der Waals surface area contributed by atoms with Crippen molar-refractivity contribution in [2.45, 2.75) is 61.6 Å². The number of rotatable bonds is 7. The number of hydrogen-bond acceptors (Lipinski definition) is 0. The fraction of sp³-hybridized carbons (Fsp3) is 0.130. The first-order valence-electron chi connectivity index (χ1n) is 25.6. The van der Waals surface area contributed by atoms with Crippen molar-refractivity contribution in [3.05, 3.63) is 238 Å². The molecule has 0 aliphatic carbocycles. The van der Waals surface area contributed by atoms with Crippen LogP contribution >= 0.6 is 0 Å². The maximum Gasteiger partial charge on any atom is 0.420 e. The number of fused-ring (bicyclic) bond motifs is 6. The molecule has 0 atom stereocenters. The van der Waals surface area contributed by atoms with Crippen LogP contribution < -0.4 is 0 Å². The lowest BCUT2D eigenvalue weighted by molar-refractivity contribution is -0.137. The summed E-state index contributed by atoms with van der Waals surface area (Å²) in [4.78, 5) is 0. The van der Waals surface area contributed by atoms with Gasteiger partial charge < -0.3 is 9.13 Å². The SMILES string of the molecule is Cc1cc(C)cc(-c2ccc3c(c2)c2cc(-c4cc(C)cc(C)c4)ccc2n3-c2cc(-c3c(F)cccc3F)cc(-n3c4ccc(-c5cc(C)cc(C)c5)cc4c4cc(-c5cc(C)cc(C)c5)ccc43)c2C(F)(F)F)c1. The van der Waals surface area contributed by atoms with Crippen LogP contribution in [0.5, 0.6) is 0 Å². The summed E-state index contributed by atoms with van der Waals surface area (Å²) >= 11 is 0. The zero-order valence-electron chi connectivity index (χ0n) is 43.5. The molecular weight excluding hydrogens is 952 g/mol. The van der Waals surface area contributed by atoms with Gasteiger partial charge in [-0.15, -0.1) is 0 Å². The second kappa shape index (κ2) is 18.1. The maximum absolute atomic E-state index is 17.1. The van der Waals surface area contributed by atoms with Crippen molar-refractivity contribution in [2.24, 2.45) is 0 Å². The first kappa shape index (κ1) is 48.4. The molecular formula is C69H53F5N2. The smallest absolute Gasteiger partial charge is 0.309 e. The van der Waals surface area contributed by atoms with Crippen LogP contribution in [0, 0.1) is 67.0 Å². The van der Waals surface area contributed by atoms with Gasteiger partial charge in [-0.3, -0.25) is 0 Å². The standard InChI is InChI=1S/C69H53F5N2/c1-38-20-39(2)25-50(24-38)46-12-16-61-55(32-46)56-33-47(51-26-40(3)21-41(4)27-51)13-17-62(56)75(61)65-36-54(67-59(70)10-9-11-60(67)71)37-66(68(65)69(72,73)74)76-63-18-14-48(52-28-42(5)22-43(6)29-52)34-57(63)58-35-49(15-19-64(58)76)53-30-44(7)23-45(8)31-53/h9-37H,1-8H3. The molecule has 2 aromatic heterocycles. The fourth-order valence-corrected chi connectivity index (χ4v) is 12.0. The van der Waals surface area contributed by atoms with Crippen LogP contribution in [0.4, 0.5) is 22.0 Å². The Hall–Kier alpha value is -8.55. The van der Waals surface area contributed by atoms with Crippen LogP contribution in [-0.4, -0.2) is 9.13 Å². The molecule has 0 bridgehead atoms. The molecule has 0 N–H and O–H groups in total. The number of aromatic nitrogens is 2. The lowest BCUT2D eigenvalue weighted by atomic mass is 9.97. The molecule has 0 spiro atoms. The van der Waals surface area contributed by atoms with Crippen molar-refractivity contribution in [3.8, 4) is 67.0 Å². The normalized spacial score (nSPS) is 12.0. The summed E-state index contributed by atoms with van der Waals surface area (Å²) < 4.78 is 87.3. The third kappa shape index (κ3) is 8.44. The number of alkyl halides is 3. The summed E-state index contributed by atoms with van der Waals surface area (Å²) in [5.41, 5.74) is 16.3. The van der Waals surface area contributed by atoms with Crippen LogP contribution in [0.3, 0.4) is 0 Å². The molecule has 2 heterocycles. The fourth-order valence-electron chi connectivity index (χ4n) is 12.0. The van der Waals surface area contributed by atoms with Crippen LogP contribution in [0.2, 0.25) is 0 Å². The van der Waals surface area contributed by atoms with Gasteiger partial charge in [0.15, 0.2) is 0 Å². The van der Waals surface area contributed by atoms with Gasteiger partial charge in [-0.2, -0.15) is 13.2 Å². The van der Waals surface area contributed by atoms with E-state index in [-0.39, 0.29) is 16.9 Å². The van der Waals surface area contributed by atoms with E-state index in [1.807, 2.05) is 104 Å². The molecule has 0 aliphatic rings. The highest BCUT2D eigenvalue weighted by atomic mass is 19.4.